The summed E-state index contributed by atoms with van der Waals surface area (Å²) in [5, 5.41) is 1.46. The van der Waals surface area contributed by atoms with Crippen molar-refractivity contribution in [2.24, 2.45) is 0 Å². The monoisotopic (exact) mass is 422 g/mol. The van der Waals surface area contributed by atoms with Crippen LogP contribution in [0.4, 0.5) is 5.82 Å². The predicted molar refractivity (Wildman–Crippen MR) is 119 cm³/mol. The Labute approximate surface area is 175 Å². The largest absolute Gasteiger partial charge is 0.263 e. The molecule has 4 aromatic rings. The predicted octanol–water partition coefficient (Wildman–Crippen LogP) is 5.97. The first-order valence-electron chi connectivity index (χ1n) is 9.10. The Bertz CT molecular complexity index is 1300. The van der Waals surface area contributed by atoms with Crippen molar-refractivity contribution in [2.75, 3.05) is 4.72 Å². The number of para-hydroxylation sites is 1. The van der Waals surface area contributed by atoms with E-state index in [2.05, 4.69) is 9.71 Å². The molecule has 0 bridgehead atoms. The van der Waals surface area contributed by atoms with Crippen LogP contribution in [0.3, 0.4) is 0 Å². The van der Waals surface area contributed by atoms with E-state index in [9.17, 15) is 8.42 Å². The van der Waals surface area contributed by atoms with Gasteiger partial charge >= 0.3 is 0 Å². The van der Waals surface area contributed by atoms with Crippen LogP contribution in [0.2, 0.25) is 5.02 Å². The zero-order valence-electron chi connectivity index (χ0n) is 16.0. The first kappa shape index (κ1) is 19.4. The van der Waals surface area contributed by atoms with Crippen LogP contribution in [0.25, 0.3) is 22.0 Å². The number of aromatic nitrogens is 1. The maximum absolute atomic E-state index is 13.0. The fraction of sp³-hybridized carbons (Fsp3) is 0.0870. The highest BCUT2D eigenvalue weighted by molar-refractivity contribution is 7.92. The molecule has 29 heavy (non-hydrogen) atoms. The third-order valence-electron chi connectivity index (χ3n) is 4.85. The second-order valence-electron chi connectivity index (χ2n) is 6.90. The molecule has 0 unspecified atom stereocenters. The first-order chi connectivity index (χ1) is 13.8. The van der Waals surface area contributed by atoms with Crippen molar-refractivity contribution < 1.29 is 8.42 Å². The molecule has 6 heteroatoms. The third kappa shape index (κ3) is 3.84. The topological polar surface area (TPSA) is 59.1 Å². The van der Waals surface area contributed by atoms with Crippen LogP contribution in [-0.2, 0) is 10.0 Å². The molecule has 1 heterocycles. The van der Waals surface area contributed by atoms with Gasteiger partial charge in [-0.1, -0.05) is 59.6 Å². The summed E-state index contributed by atoms with van der Waals surface area (Å²) in [7, 11) is -3.83. The second-order valence-corrected chi connectivity index (χ2v) is 9.02. The van der Waals surface area contributed by atoms with E-state index in [0.29, 0.717) is 10.8 Å². The number of benzene rings is 3. The van der Waals surface area contributed by atoms with E-state index in [1.807, 2.05) is 62.4 Å². The van der Waals surface area contributed by atoms with Crippen molar-refractivity contribution in [3.05, 3.63) is 88.9 Å². The van der Waals surface area contributed by atoms with Gasteiger partial charge < -0.3 is 0 Å². The van der Waals surface area contributed by atoms with Crippen molar-refractivity contribution in [1.29, 1.82) is 0 Å². The number of anilines is 1. The number of hydrogen-bond acceptors (Lipinski definition) is 3. The fourth-order valence-electron chi connectivity index (χ4n) is 3.32. The van der Waals surface area contributed by atoms with Crippen molar-refractivity contribution in [2.45, 2.75) is 18.7 Å². The molecule has 0 aliphatic rings. The van der Waals surface area contributed by atoms with Gasteiger partial charge in [-0.25, -0.2) is 13.4 Å². The summed E-state index contributed by atoms with van der Waals surface area (Å²) in [5.74, 6) is 0.306. The Morgan fingerprint density at radius 2 is 1.52 bits per heavy atom. The molecule has 0 aliphatic carbocycles. The van der Waals surface area contributed by atoms with E-state index in [-0.39, 0.29) is 4.90 Å². The number of hydrogen-bond donors (Lipinski definition) is 1. The molecular weight excluding hydrogens is 404 g/mol. The van der Waals surface area contributed by atoms with E-state index in [4.69, 9.17) is 11.6 Å². The highest BCUT2D eigenvalue weighted by atomic mass is 35.5. The van der Waals surface area contributed by atoms with Crippen LogP contribution in [-0.4, -0.2) is 13.4 Å². The van der Waals surface area contributed by atoms with Gasteiger partial charge in [-0.05, 0) is 55.3 Å². The summed E-state index contributed by atoms with van der Waals surface area (Å²) >= 11 is 5.90. The average molecular weight is 423 g/mol. The quantitative estimate of drug-likeness (QED) is 0.440. The lowest BCUT2D eigenvalue weighted by Gasteiger charge is -2.17. The molecule has 1 aromatic heterocycles. The molecule has 0 saturated heterocycles. The van der Waals surface area contributed by atoms with Crippen molar-refractivity contribution in [1.82, 2.24) is 4.98 Å². The molecule has 0 saturated carbocycles. The number of halogens is 1. The van der Waals surface area contributed by atoms with E-state index in [1.54, 1.807) is 12.1 Å². The summed E-state index contributed by atoms with van der Waals surface area (Å²) in [6, 6.07) is 21.7. The molecule has 0 amide bonds. The van der Waals surface area contributed by atoms with Crippen LogP contribution in [0.1, 0.15) is 11.1 Å². The van der Waals surface area contributed by atoms with Crippen molar-refractivity contribution in [3.63, 3.8) is 0 Å². The number of nitrogens with zero attached hydrogens (tertiary/aromatic N) is 1. The van der Waals surface area contributed by atoms with E-state index >= 15 is 0 Å². The SMILES string of the molecule is Cc1ccc(-c2c(NS(=O)(=O)c3ccc(Cl)cc3)nc3ccccc3c2C)cc1. The molecule has 0 aliphatic heterocycles. The summed E-state index contributed by atoms with van der Waals surface area (Å²) < 4.78 is 28.7. The molecular formula is C23H19ClN2O2S. The van der Waals surface area contributed by atoms with Crippen LogP contribution in [0, 0.1) is 13.8 Å². The Morgan fingerprint density at radius 3 is 2.21 bits per heavy atom. The number of rotatable bonds is 4. The number of pyridine rings is 1. The van der Waals surface area contributed by atoms with Crippen LogP contribution < -0.4 is 4.72 Å². The number of fused-ring (bicyclic) bond motifs is 1. The molecule has 146 valence electrons. The van der Waals surface area contributed by atoms with Gasteiger partial charge in [0, 0.05) is 16.0 Å². The molecule has 1 N–H and O–H groups in total. The maximum atomic E-state index is 13.0. The van der Waals surface area contributed by atoms with Gasteiger partial charge in [0.1, 0.15) is 5.82 Å². The number of nitrogens with one attached hydrogen (secondary N) is 1. The molecule has 4 rings (SSSR count). The Kier molecular flexibility index (Phi) is 5.03. The van der Waals surface area contributed by atoms with Gasteiger partial charge in [-0.15, -0.1) is 0 Å². The van der Waals surface area contributed by atoms with Crippen LogP contribution >= 0.6 is 11.6 Å². The molecule has 0 atom stereocenters. The lowest BCUT2D eigenvalue weighted by atomic mass is 9.97. The second kappa shape index (κ2) is 7.50. The third-order valence-corrected chi connectivity index (χ3v) is 6.45. The van der Waals surface area contributed by atoms with E-state index < -0.39 is 10.0 Å². The van der Waals surface area contributed by atoms with Crippen LogP contribution in [0.15, 0.2) is 77.7 Å². The van der Waals surface area contributed by atoms with Crippen molar-refractivity contribution >= 4 is 38.3 Å². The summed E-state index contributed by atoms with van der Waals surface area (Å²) in [6.07, 6.45) is 0. The van der Waals surface area contributed by atoms with Gasteiger partial charge in [0.05, 0.1) is 10.4 Å². The van der Waals surface area contributed by atoms with Gasteiger partial charge in [0.2, 0.25) is 0 Å². The molecule has 4 nitrogen and oxygen atoms in total. The minimum Gasteiger partial charge on any atom is -0.263 e. The lowest BCUT2D eigenvalue weighted by molar-refractivity contribution is 0.601. The normalized spacial score (nSPS) is 11.6. The molecule has 3 aromatic carbocycles. The van der Waals surface area contributed by atoms with Gasteiger partial charge in [-0.2, -0.15) is 0 Å². The van der Waals surface area contributed by atoms with Crippen molar-refractivity contribution in [3.8, 4) is 11.1 Å². The van der Waals surface area contributed by atoms with Gasteiger partial charge in [-0.3, -0.25) is 4.72 Å². The highest BCUT2D eigenvalue weighted by Crippen LogP contribution is 2.35. The standard InChI is InChI=1S/C23H19ClN2O2S/c1-15-7-9-17(10-8-15)22-16(2)20-5-3-4-6-21(20)25-23(22)26-29(27,28)19-13-11-18(24)12-14-19/h3-14H,1-2H3,(H,25,26). The number of sulfonamides is 1. The zero-order chi connectivity index (χ0) is 20.6. The number of aryl methyl sites for hydroxylation is 2. The minimum absolute atomic E-state index is 0.129. The highest BCUT2D eigenvalue weighted by Gasteiger charge is 2.20. The van der Waals surface area contributed by atoms with Gasteiger partial charge in [0.15, 0.2) is 0 Å². The smallest absolute Gasteiger partial charge is 0.263 e. The Balaban J connectivity index is 1.91. The molecule has 0 spiro atoms. The molecule has 0 radical (unpaired) electrons. The van der Waals surface area contributed by atoms with E-state index in [0.717, 1.165) is 33.2 Å². The molecule has 0 fully saturated rings. The minimum atomic E-state index is -3.83. The van der Waals surface area contributed by atoms with Crippen LogP contribution in [0.5, 0.6) is 0 Å². The zero-order valence-corrected chi connectivity index (χ0v) is 17.6. The average Bonchev–Trinajstić information content (AvgIpc) is 2.69. The van der Waals surface area contributed by atoms with Gasteiger partial charge in [0.25, 0.3) is 10.0 Å². The summed E-state index contributed by atoms with van der Waals surface area (Å²) in [6.45, 7) is 4.00. The summed E-state index contributed by atoms with van der Waals surface area (Å²) in [5.41, 5.74) is 4.49. The first-order valence-corrected chi connectivity index (χ1v) is 11.0. The van der Waals surface area contributed by atoms with E-state index in [1.165, 1.54) is 12.1 Å². The lowest BCUT2D eigenvalue weighted by Crippen LogP contribution is -2.15. The summed E-state index contributed by atoms with van der Waals surface area (Å²) in [4.78, 5) is 4.78. The fourth-order valence-corrected chi connectivity index (χ4v) is 4.46. The Hall–Kier alpha value is -2.89. The Morgan fingerprint density at radius 1 is 0.862 bits per heavy atom. The maximum Gasteiger partial charge on any atom is 0.263 e.